The Morgan fingerprint density at radius 3 is 2.80 bits per heavy atom. The monoisotopic (exact) mass is 286 g/mol. The van der Waals surface area contributed by atoms with Crippen LogP contribution in [0.1, 0.15) is 10.4 Å². The summed E-state index contributed by atoms with van der Waals surface area (Å²) < 4.78 is 0. The fourth-order valence-corrected chi connectivity index (χ4v) is 2.21. The number of H-pyrrole nitrogens is 1. The number of fused-ring (bicyclic) bond motifs is 1. The van der Waals surface area contributed by atoms with Gasteiger partial charge in [-0.3, -0.25) is 4.79 Å². The summed E-state index contributed by atoms with van der Waals surface area (Å²) in [6.45, 7) is 0. The molecule has 0 unspecified atom stereocenters. The highest BCUT2D eigenvalue weighted by Crippen LogP contribution is 2.26. The average Bonchev–Trinajstić information content (AvgIpc) is 2.89. The van der Waals surface area contributed by atoms with Crippen LogP contribution in [0.2, 0.25) is 5.02 Å². The quantitative estimate of drug-likeness (QED) is 0.628. The molecule has 1 aromatic heterocycles. The van der Waals surface area contributed by atoms with Crippen LogP contribution in [0.4, 0.5) is 5.69 Å². The highest BCUT2D eigenvalue weighted by Gasteiger charge is 2.09. The number of hydrogen-bond acceptors (Lipinski definition) is 2. The first-order valence-corrected chi connectivity index (χ1v) is 6.38. The van der Waals surface area contributed by atoms with Gasteiger partial charge in [0.1, 0.15) is 5.75 Å². The number of nitrogens with one attached hydrogen (secondary N) is 2. The van der Waals surface area contributed by atoms with E-state index in [2.05, 4.69) is 10.3 Å². The number of aromatic hydroxyl groups is 1. The molecular formula is C15H11ClN2O2. The minimum absolute atomic E-state index is 0.0563. The van der Waals surface area contributed by atoms with Gasteiger partial charge >= 0.3 is 0 Å². The molecule has 3 N–H and O–H groups in total. The first-order valence-electron chi connectivity index (χ1n) is 6.00. The highest BCUT2D eigenvalue weighted by atomic mass is 35.5. The third kappa shape index (κ3) is 2.33. The maximum Gasteiger partial charge on any atom is 0.255 e. The number of phenolic OH excluding ortho intramolecular Hbond substituents is 1. The number of anilines is 1. The second-order valence-corrected chi connectivity index (χ2v) is 4.81. The van der Waals surface area contributed by atoms with Crippen molar-refractivity contribution in [2.75, 3.05) is 5.32 Å². The lowest BCUT2D eigenvalue weighted by Crippen LogP contribution is -2.12. The third-order valence-corrected chi connectivity index (χ3v) is 3.33. The van der Waals surface area contributed by atoms with Crippen LogP contribution in [0, 0.1) is 0 Å². The molecule has 1 amide bonds. The van der Waals surface area contributed by atoms with Gasteiger partial charge in [-0.2, -0.15) is 0 Å². The van der Waals surface area contributed by atoms with Crippen molar-refractivity contribution in [1.82, 2.24) is 4.98 Å². The van der Waals surface area contributed by atoms with Crippen molar-refractivity contribution in [1.29, 1.82) is 0 Å². The molecule has 0 aliphatic carbocycles. The van der Waals surface area contributed by atoms with E-state index in [0.29, 0.717) is 16.3 Å². The smallest absolute Gasteiger partial charge is 0.255 e. The summed E-state index contributed by atoms with van der Waals surface area (Å²) in [6, 6.07) is 11.7. The minimum Gasteiger partial charge on any atom is -0.508 e. The number of carbonyl (C=O) groups excluding carboxylic acids is 1. The molecule has 0 radical (unpaired) electrons. The highest BCUT2D eigenvalue weighted by molar-refractivity contribution is 6.34. The van der Waals surface area contributed by atoms with Crippen molar-refractivity contribution in [2.45, 2.75) is 0 Å². The Kier molecular flexibility index (Phi) is 3.08. The Bertz CT molecular complexity index is 795. The van der Waals surface area contributed by atoms with Gasteiger partial charge in [0.15, 0.2) is 0 Å². The van der Waals surface area contributed by atoms with E-state index in [-0.39, 0.29) is 11.7 Å². The normalized spacial score (nSPS) is 10.7. The van der Waals surface area contributed by atoms with Crippen LogP contribution in [0.3, 0.4) is 0 Å². The zero-order valence-corrected chi connectivity index (χ0v) is 11.1. The van der Waals surface area contributed by atoms with Crippen LogP contribution in [-0.4, -0.2) is 16.0 Å². The summed E-state index contributed by atoms with van der Waals surface area (Å²) in [5, 5.41) is 13.3. The first kappa shape index (κ1) is 12.6. The Labute approximate surface area is 120 Å². The molecule has 0 aliphatic rings. The predicted octanol–water partition coefficient (Wildman–Crippen LogP) is 3.78. The molecule has 5 heteroatoms. The van der Waals surface area contributed by atoms with Crippen molar-refractivity contribution in [3.05, 3.63) is 59.2 Å². The van der Waals surface area contributed by atoms with Crippen molar-refractivity contribution in [3.8, 4) is 5.75 Å². The summed E-state index contributed by atoms with van der Waals surface area (Å²) >= 11 is 5.96. The fourth-order valence-electron chi connectivity index (χ4n) is 1.99. The Morgan fingerprint density at radius 2 is 2.00 bits per heavy atom. The largest absolute Gasteiger partial charge is 0.508 e. The van der Waals surface area contributed by atoms with E-state index in [0.717, 1.165) is 10.9 Å². The number of aromatic nitrogens is 1. The molecule has 2 aromatic carbocycles. The zero-order valence-electron chi connectivity index (χ0n) is 10.4. The number of carbonyl (C=O) groups is 1. The molecule has 1 heterocycles. The average molecular weight is 287 g/mol. The maximum absolute atomic E-state index is 12.2. The Morgan fingerprint density at radius 1 is 1.15 bits per heavy atom. The molecule has 3 rings (SSSR count). The number of amides is 1. The number of benzene rings is 2. The molecule has 3 aromatic rings. The fraction of sp³-hybridized carbons (Fsp3) is 0. The predicted molar refractivity (Wildman–Crippen MR) is 79.4 cm³/mol. The van der Waals surface area contributed by atoms with Crippen molar-refractivity contribution in [3.63, 3.8) is 0 Å². The van der Waals surface area contributed by atoms with E-state index in [9.17, 15) is 9.90 Å². The molecule has 100 valence electrons. The van der Waals surface area contributed by atoms with Gasteiger partial charge in [-0.15, -0.1) is 0 Å². The molecular weight excluding hydrogens is 276 g/mol. The summed E-state index contributed by atoms with van der Waals surface area (Å²) in [4.78, 5) is 15.2. The van der Waals surface area contributed by atoms with Crippen LogP contribution >= 0.6 is 11.6 Å². The Balaban J connectivity index is 1.88. The van der Waals surface area contributed by atoms with Crippen molar-refractivity contribution < 1.29 is 9.90 Å². The van der Waals surface area contributed by atoms with E-state index in [1.807, 2.05) is 18.3 Å². The van der Waals surface area contributed by atoms with E-state index in [1.165, 1.54) is 12.1 Å². The van der Waals surface area contributed by atoms with Gasteiger partial charge < -0.3 is 15.4 Å². The molecule has 0 fully saturated rings. The van der Waals surface area contributed by atoms with E-state index in [4.69, 9.17) is 11.6 Å². The summed E-state index contributed by atoms with van der Waals surface area (Å²) in [5.41, 5.74) is 1.89. The minimum atomic E-state index is -0.255. The molecule has 20 heavy (non-hydrogen) atoms. The number of phenols is 1. The standard InChI is InChI=1S/C15H11ClN2O2/c16-12-8-11(19)3-4-13(12)18-15(20)10-2-1-9-5-6-17-14(9)7-10/h1-8,17,19H,(H,18,20). The molecule has 0 saturated heterocycles. The van der Waals surface area contributed by atoms with Gasteiger partial charge in [0.05, 0.1) is 10.7 Å². The molecule has 4 nitrogen and oxygen atoms in total. The molecule has 0 atom stereocenters. The van der Waals surface area contributed by atoms with Crippen LogP contribution in [0.5, 0.6) is 5.75 Å². The van der Waals surface area contributed by atoms with Gasteiger partial charge in [-0.25, -0.2) is 0 Å². The van der Waals surface area contributed by atoms with E-state index in [1.54, 1.807) is 18.2 Å². The first-order chi connectivity index (χ1) is 9.63. The van der Waals surface area contributed by atoms with Gasteiger partial charge in [0.2, 0.25) is 0 Å². The maximum atomic E-state index is 12.2. The van der Waals surface area contributed by atoms with Crippen LogP contribution in [0.15, 0.2) is 48.7 Å². The lowest BCUT2D eigenvalue weighted by atomic mass is 10.1. The number of halogens is 1. The second kappa shape index (κ2) is 4.90. The summed E-state index contributed by atoms with van der Waals surface area (Å²) in [6.07, 6.45) is 1.82. The van der Waals surface area contributed by atoms with Crippen LogP contribution in [0.25, 0.3) is 10.9 Å². The summed E-state index contributed by atoms with van der Waals surface area (Å²) in [5.74, 6) is -0.199. The number of aromatic amines is 1. The topological polar surface area (TPSA) is 65.1 Å². The SMILES string of the molecule is O=C(Nc1ccc(O)cc1Cl)c1ccc2cc[nH]c2c1. The number of hydrogen-bond donors (Lipinski definition) is 3. The van der Waals surface area contributed by atoms with Gasteiger partial charge in [-0.05, 0) is 35.7 Å². The lowest BCUT2D eigenvalue weighted by molar-refractivity contribution is 0.102. The zero-order chi connectivity index (χ0) is 14.1. The Hall–Kier alpha value is -2.46. The molecule has 0 bridgehead atoms. The lowest BCUT2D eigenvalue weighted by Gasteiger charge is -2.07. The van der Waals surface area contributed by atoms with Crippen molar-refractivity contribution >= 4 is 34.1 Å². The molecule has 0 saturated carbocycles. The van der Waals surface area contributed by atoms with E-state index >= 15 is 0 Å². The van der Waals surface area contributed by atoms with Gasteiger partial charge in [0.25, 0.3) is 5.91 Å². The molecule has 0 aliphatic heterocycles. The van der Waals surface area contributed by atoms with Gasteiger partial charge in [0, 0.05) is 23.3 Å². The third-order valence-electron chi connectivity index (χ3n) is 3.02. The van der Waals surface area contributed by atoms with Gasteiger partial charge in [-0.1, -0.05) is 17.7 Å². The molecule has 0 spiro atoms. The van der Waals surface area contributed by atoms with Crippen molar-refractivity contribution in [2.24, 2.45) is 0 Å². The van der Waals surface area contributed by atoms with Crippen LogP contribution < -0.4 is 5.32 Å². The number of rotatable bonds is 2. The van der Waals surface area contributed by atoms with Crippen LogP contribution in [-0.2, 0) is 0 Å². The summed E-state index contributed by atoms with van der Waals surface area (Å²) in [7, 11) is 0. The van der Waals surface area contributed by atoms with E-state index < -0.39 is 0 Å². The second-order valence-electron chi connectivity index (χ2n) is 4.40.